The van der Waals surface area contributed by atoms with Crippen LogP contribution in [0.25, 0.3) is 0 Å². The minimum atomic E-state index is 0.220. The van der Waals surface area contributed by atoms with Gasteiger partial charge in [-0.2, -0.15) is 0 Å². The molecule has 1 unspecified atom stereocenters. The second-order valence-corrected chi connectivity index (χ2v) is 5.00. The van der Waals surface area contributed by atoms with Gasteiger partial charge in [-0.15, -0.1) is 0 Å². The van der Waals surface area contributed by atoms with E-state index in [1.165, 1.54) is 5.56 Å². The number of methoxy groups -OCH3 is 1. The Hall–Kier alpha value is -1.55. The molecule has 0 heterocycles. The van der Waals surface area contributed by atoms with E-state index >= 15 is 0 Å². The summed E-state index contributed by atoms with van der Waals surface area (Å²) in [6.45, 7) is 8.45. The molecule has 1 aromatic rings. The predicted molar refractivity (Wildman–Crippen MR) is 86.6 cm³/mol. The lowest BCUT2D eigenvalue weighted by atomic mass is 10.0. The average Bonchev–Trinajstić information content (AvgIpc) is 2.53. The van der Waals surface area contributed by atoms with Crippen molar-refractivity contribution in [1.82, 2.24) is 10.2 Å². The fourth-order valence-corrected chi connectivity index (χ4v) is 2.42. The number of carbonyl (C=O) groups excluding carboxylic acids is 1. The number of amides is 1. The van der Waals surface area contributed by atoms with Crippen molar-refractivity contribution in [3.05, 3.63) is 29.8 Å². The molecular formula is C17H28N2O2. The minimum Gasteiger partial charge on any atom is -0.497 e. The minimum absolute atomic E-state index is 0.220. The van der Waals surface area contributed by atoms with Crippen molar-refractivity contribution in [3.8, 4) is 5.75 Å². The van der Waals surface area contributed by atoms with Crippen molar-refractivity contribution in [2.75, 3.05) is 26.7 Å². The van der Waals surface area contributed by atoms with Gasteiger partial charge in [0.2, 0.25) is 5.91 Å². The highest BCUT2D eigenvalue weighted by atomic mass is 16.5. The van der Waals surface area contributed by atoms with Crippen LogP contribution in [0.3, 0.4) is 0 Å². The Bertz CT molecular complexity index is 413. The molecule has 0 aromatic heterocycles. The third-order valence-electron chi connectivity index (χ3n) is 3.77. The standard InChI is InChI=1S/C17H28N2O2/c1-5-16(14-8-10-15(21-4)11-9-14)18-13-12-17(20)19(6-2)7-3/h8-11,16,18H,5-7,12-13H2,1-4H3. The first-order valence-electron chi connectivity index (χ1n) is 7.81. The molecule has 0 radical (unpaired) electrons. The van der Waals surface area contributed by atoms with Crippen LogP contribution in [0.1, 0.15) is 45.2 Å². The fourth-order valence-electron chi connectivity index (χ4n) is 2.42. The Morgan fingerprint density at radius 3 is 2.29 bits per heavy atom. The molecule has 1 N–H and O–H groups in total. The van der Waals surface area contributed by atoms with Gasteiger partial charge in [0.1, 0.15) is 5.75 Å². The number of nitrogens with one attached hydrogen (secondary N) is 1. The first kappa shape index (κ1) is 17.5. The van der Waals surface area contributed by atoms with Crippen molar-refractivity contribution in [2.45, 2.75) is 39.7 Å². The number of benzene rings is 1. The zero-order chi connectivity index (χ0) is 15.7. The fraction of sp³-hybridized carbons (Fsp3) is 0.588. The van der Waals surface area contributed by atoms with Gasteiger partial charge in [-0.1, -0.05) is 19.1 Å². The topological polar surface area (TPSA) is 41.6 Å². The van der Waals surface area contributed by atoms with Crippen LogP contribution in [0.5, 0.6) is 5.75 Å². The summed E-state index contributed by atoms with van der Waals surface area (Å²) in [6.07, 6.45) is 1.54. The maximum atomic E-state index is 12.0. The number of nitrogens with zero attached hydrogens (tertiary/aromatic N) is 1. The van der Waals surface area contributed by atoms with Crippen LogP contribution in [-0.2, 0) is 4.79 Å². The monoisotopic (exact) mass is 292 g/mol. The van der Waals surface area contributed by atoms with E-state index in [1.807, 2.05) is 30.9 Å². The van der Waals surface area contributed by atoms with Gasteiger partial charge < -0.3 is 15.0 Å². The van der Waals surface area contributed by atoms with E-state index in [1.54, 1.807) is 7.11 Å². The molecule has 1 aromatic carbocycles. The molecule has 0 bridgehead atoms. The van der Waals surface area contributed by atoms with Crippen molar-refractivity contribution < 1.29 is 9.53 Å². The third-order valence-corrected chi connectivity index (χ3v) is 3.77. The molecule has 118 valence electrons. The normalized spacial score (nSPS) is 12.0. The lowest BCUT2D eigenvalue weighted by Gasteiger charge is -2.21. The summed E-state index contributed by atoms with van der Waals surface area (Å²) < 4.78 is 5.18. The smallest absolute Gasteiger partial charge is 0.223 e. The van der Waals surface area contributed by atoms with E-state index in [9.17, 15) is 4.79 Å². The van der Waals surface area contributed by atoms with Gasteiger partial charge in [-0.05, 0) is 38.0 Å². The molecule has 21 heavy (non-hydrogen) atoms. The first-order valence-corrected chi connectivity index (χ1v) is 7.81. The molecule has 0 aliphatic heterocycles. The summed E-state index contributed by atoms with van der Waals surface area (Å²) in [5.41, 5.74) is 1.23. The maximum Gasteiger partial charge on any atom is 0.223 e. The van der Waals surface area contributed by atoms with Gasteiger partial charge in [0, 0.05) is 32.1 Å². The van der Waals surface area contributed by atoms with Gasteiger partial charge in [0.25, 0.3) is 0 Å². The summed E-state index contributed by atoms with van der Waals surface area (Å²) in [5.74, 6) is 1.09. The predicted octanol–water partition coefficient (Wildman–Crippen LogP) is 2.99. The van der Waals surface area contributed by atoms with E-state index < -0.39 is 0 Å². The van der Waals surface area contributed by atoms with Crippen molar-refractivity contribution in [3.63, 3.8) is 0 Å². The lowest BCUT2D eigenvalue weighted by Crippen LogP contribution is -2.33. The SMILES string of the molecule is CCC(NCCC(=O)N(CC)CC)c1ccc(OC)cc1. The zero-order valence-corrected chi connectivity index (χ0v) is 13.7. The molecule has 4 heteroatoms. The van der Waals surface area contributed by atoms with Crippen LogP contribution in [-0.4, -0.2) is 37.6 Å². The highest BCUT2D eigenvalue weighted by molar-refractivity contribution is 5.76. The van der Waals surface area contributed by atoms with Crippen molar-refractivity contribution in [2.24, 2.45) is 0 Å². The summed E-state index contributed by atoms with van der Waals surface area (Å²) in [6, 6.07) is 8.38. The Kier molecular flexibility index (Phi) is 7.83. The largest absolute Gasteiger partial charge is 0.497 e. The van der Waals surface area contributed by atoms with Crippen LogP contribution >= 0.6 is 0 Å². The Morgan fingerprint density at radius 1 is 1.19 bits per heavy atom. The van der Waals surface area contributed by atoms with E-state index in [-0.39, 0.29) is 11.9 Å². The van der Waals surface area contributed by atoms with Crippen LogP contribution in [0.15, 0.2) is 24.3 Å². The molecular weight excluding hydrogens is 264 g/mol. The molecule has 0 aliphatic rings. The number of rotatable bonds is 9. The molecule has 1 amide bonds. The Labute approximate surface area is 128 Å². The van der Waals surface area contributed by atoms with E-state index in [0.29, 0.717) is 13.0 Å². The van der Waals surface area contributed by atoms with Crippen molar-refractivity contribution in [1.29, 1.82) is 0 Å². The number of carbonyl (C=O) groups is 1. The molecule has 0 saturated heterocycles. The molecule has 0 aliphatic carbocycles. The summed E-state index contributed by atoms with van der Waals surface area (Å²) >= 11 is 0. The van der Waals surface area contributed by atoms with Crippen LogP contribution in [0.4, 0.5) is 0 Å². The van der Waals surface area contributed by atoms with Gasteiger partial charge in [-0.25, -0.2) is 0 Å². The summed E-state index contributed by atoms with van der Waals surface area (Å²) in [7, 11) is 1.67. The number of hydrogen-bond donors (Lipinski definition) is 1. The first-order chi connectivity index (χ1) is 10.2. The highest BCUT2D eigenvalue weighted by Crippen LogP contribution is 2.19. The van der Waals surface area contributed by atoms with Gasteiger partial charge in [0.05, 0.1) is 7.11 Å². The Balaban J connectivity index is 2.48. The summed E-state index contributed by atoms with van der Waals surface area (Å²) in [4.78, 5) is 13.8. The second kappa shape index (κ2) is 9.40. The quantitative estimate of drug-likeness (QED) is 0.761. The van der Waals surface area contributed by atoms with Gasteiger partial charge >= 0.3 is 0 Å². The molecule has 0 saturated carbocycles. The van der Waals surface area contributed by atoms with Crippen LogP contribution in [0, 0.1) is 0 Å². The van der Waals surface area contributed by atoms with E-state index in [4.69, 9.17) is 4.74 Å². The molecule has 0 fully saturated rings. The third kappa shape index (κ3) is 5.38. The molecule has 1 rings (SSSR count). The number of ether oxygens (including phenoxy) is 1. The van der Waals surface area contributed by atoms with E-state index in [0.717, 1.165) is 25.3 Å². The molecule has 1 atom stereocenters. The average molecular weight is 292 g/mol. The van der Waals surface area contributed by atoms with Gasteiger partial charge in [-0.3, -0.25) is 4.79 Å². The maximum absolute atomic E-state index is 12.0. The Morgan fingerprint density at radius 2 is 1.81 bits per heavy atom. The highest BCUT2D eigenvalue weighted by Gasteiger charge is 2.12. The second-order valence-electron chi connectivity index (χ2n) is 5.00. The van der Waals surface area contributed by atoms with Crippen molar-refractivity contribution >= 4 is 5.91 Å². The zero-order valence-electron chi connectivity index (χ0n) is 13.7. The van der Waals surface area contributed by atoms with Crippen LogP contribution < -0.4 is 10.1 Å². The van der Waals surface area contributed by atoms with Gasteiger partial charge in [0.15, 0.2) is 0 Å². The lowest BCUT2D eigenvalue weighted by molar-refractivity contribution is -0.130. The molecule has 4 nitrogen and oxygen atoms in total. The van der Waals surface area contributed by atoms with E-state index in [2.05, 4.69) is 24.4 Å². The van der Waals surface area contributed by atoms with Crippen LogP contribution in [0.2, 0.25) is 0 Å². The number of hydrogen-bond acceptors (Lipinski definition) is 3. The molecule has 0 spiro atoms. The summed E-state index contributed by atoms with van der Waals surface area (Å²) in [5, 5.41) is 3.47.